The summed E-state index contributed by atoms with van der Waals surface area (Å²) in [5, 5.41) is 26.4. The van der Waals surface area contributed by atoms with E-state index in [-0.39, 0.29) is 24.3 Å². The average molecular weight is 417 g/mol. The Morgan fingerprint density at radius 3 is 2.43 bits per heavy atom. The number of hydrogen-bond donors (Lipinski definition) is 5. The minimum absolute atomic E-state index is 0.100. The van der Waals surface area contributed by atoms with Gasteiger partial charge in [-0.3, -0.25) is 9.36 Å². The second-order valence-corrected chi connectivity index (χ2v) is 9.24. The number of primary amides is 1. The Kier molecular flexibility index (Phi) is 7.69. The predicted molar refractivity (Wildman–Crippen MR) is 101 cm³/mol. The number of pyridine rings is 1. The molecule has 0 unspecified atom stereocenters. The van der Waals surface area contributed by atoms with Gasteiger partial charge in [-0.1, -0.05) is 0 Å². The fraction of sp³-hybridized carbons (Fsp3) is 0.647. The number of nitrogens with two attached hydrogens (primary N) is 1. The lowest BCUT2D eigenvalue weighted by Crippen LogP contribution is -2.46. The van der Waals surface area contributed by atoms with Crippen molar-refractivity contribution in [2.75, 3.05) is 6.61 Å². The number of hydrogen-bond acceptors (Lipinski definition) is 6. The molecule has 0 spiro atoms. The smallest absolute Gasteiger partial charge is 0.341 e. The highest BCUT2D eigenvalue weighted by Crippen LogP contribution is 2.40. The Morgan fingerprint density at radius 2 is 1.89 bits per heavy atom. The molecule has 10 nitrogen and oxygen atoms in total. The van der Waals surface area contributed by atoms with E-state index < -0.39 is 38.1 Å². The van der Waals surface area contributed by atoms with Crippen molar-refractivity contribution >= 4 is 13.6 Å². The average Bonchev–Trinajstić information content (AvgIpc) is 2.87. The van der Waals surface area contributed by atoms with Crippen LogP contribution in [0, 0.1) is 0 Å². The molecule has 1 amide bonds. The van der Waals surface area contributed by atoms with Crippen LogP contribution in [-0.2, 0) is 13.8 Å². The Morgan fingerprint density at radius 1 is 1.29 bits per heavy atom. The Hall–Kier alpha value is -1.39. The number of aliphatic hydroxyl groups excluding tert-OH is 2. The highest BCUT2D eigenvalue weighted by Gasteiger charge is 2.49. The molecule has 1 aliphatic rings. The van der Waals surface area contributed by atoms with Crippen molar-refractivity contribution in [3.63, 3.8) is 0 Å². The number of ether oxygens (including phenoxy) is 1. The minimum Gasteiger partial charge on any atom is -0.387 e. The Labute approximate surface area is 164 Å². The summed E-state index contributed by atoms with van der Waals surface area (Å²) < 4.78 is 25.7. The van der Waals surface area contributed by atoms with Crippen molar-refractivity contribution in [2.24, 2.45) is 5.73 Å². The third-order valence-electron chi connectivity index (χ3n) is 4.01. The molecule has 0 aliphatic carbocycles. The summed E-state index contributed by atoms with van der Waals surface area (Å²) in [6, 6.07) is 2.91. The lowest BCUT2D eigenvalue weighted by molar-refractivity contribution is -0.765. The summed E-state index contributed by atoms with van der Waals surface area (Å²) in [7, 11) is -3.38. The molecule has 0 saturated carbocycles. The molecule has 1 fully saturated rings. The van der Waals surface area contributed by atoms with Gasteiger partial charge in [0.2, 0.25) is 0 Å². The summed E-state index contributed by atoms with van der Waals surface area (Å²) >= 11 is 0. The van der Waals surface area contributed by atoms with Crippen LogP contribution in [0.3, 0.4) is 0 Å². The second kappa shape index (κ2) is 9.41. The van der Waals surface area contributed by atoms with Gasteiger partial charge in [-0.15, -0.1) is 0 Å². The number of nitrogens with zero attached hydrogens (tertiary/aromatic N) is 1. The van der Waals surface area contributed by atoms with Crippen molar-refractivity contribution in [1.29, 1.82) is 0 Å². The predicted octanol–water partition coefficient (Wildman–Crippen LogP) is -0.187. The van der Waals surface area contributed by atoms with Gasteiger partial charge >= 0.3 is 7.67 Å². The van der Waals surface area contributed by atoms with E-state index in [0.717, 1.165) is 0 Å². The molecule has 1 aliphatic heterocycles. The number of aromatic nitrogens is 1. The van der Waals surface area contributed by atoms with Gasteiger partial charge in [0.05, 0.1) is 6.61 Å². The lowest BCUT2D eigenvalue weighted by atomic mass is 10.1. The van der Waals surface area contributed by atoms with Crippen LogP contribution < -0.4 is 20.5 Å². The first-order valence-corrected chi connectivity index (χ1v) is 10.8. The highest BCUT2D eigenvalue weighted by atomic mass is 31.2. The van der Waals surface area contributed by atoms with Crippen molar-refractivity contribution in [3.05, 3.63) is 30.1 Å². The van der Waals surface area contributed by atoms with Crippen LogP contribution in [-0.4, -0.2) is 53.1 Å². The van der Waals surface area contributed by atoms with Gasteiger partial charge in [0.1, 0.15) is 17.8 Å². The molecule has 4 atom stereocenters. The lowest BCUT2D eigenvalue weighted by Gasteiger charge is -2.26. The topological polar surface area (TPSA) is 147 Å². The Bertz CT molecular complexity index is 717. The monoisotopic (exact) mass is 417 g/mol. The number of aliphatic hydroxyl groups is 2. The summed E-state index contributed by atoms with van der Waals surface area (Å²) in [5.41, 5.74) is 5.51. The third-order valence-corrected chi connectivity index (χ3v) is 6.24. The molecule has 158 valence electrons. The minimum atomic E-state index is -3.38. The molecular weight excluding hydrogens is 387 g/mol. The summed E-state index contributed by atoms with van der Waals surface area (Å²) in [6.45, 7) is 7.13. The van der Waals surface area contributed by atoms with E-state index in [1.807, 2.05) is 27.7 Å². The zero-order chi connectivity index (χ0) is 21.1. The van der Waals surface area contributed by atoms with Gasteiger partial charge < -0.3 is 25.2 Å². The molecule has 6 N–H and O–H groups in total. The molecule has 2 heterocycles. The van der Waals surface area contributed by atoms with Crippen LogP contribution in [0.1, 0.15) is 44.3 Å². The van der Waals surface area contributed by atoms with Gasteiger partial charge in [0, 0.05) is 18.2 Å². The molecule has 2 rings (SSSR count). The molecule has 11 heteroatoms. The molecule has 0 radical (unpaired) electrons. The highest BCUT2D eigenvalue weighted by molar-refractivity contribution is 7.54. The number of amides is 1. The third kappa shape index (κ3) is 5.81. The van der Waals surface area contributed by atoms with Crippen LogP contribution in [0.5, 0.6) is 0 Å². The first-order chi connectivity index (χ1) is 13.0. The van der Waals surface area contributed by atoms with E-state index >= 15 is 0 Å². The van der Waals surface area contributed by atoms with Gasteiger partial charge in [-0.2, -0.15) is 4.57 Å². The van der Waals surface area contributed by atoms with E-state index in [2.05, 4.69) is 10.2 Å². The van der Waals surface area contributed by atoms with Crippen molar-refractivity contribution < 1.29 is 33.4 Å². The van der Waals surface area contributed by atoms with Crippen LogP contribution in [0.25, 0.3) is 0 Å². The molecule has 1 aromatic rings. The summed E-state index contributed by atoms with van der Waals surface area (Å²) in [6.07, 6.45) is -1.38. The standard InChI is InChI=1S/C17H29N4O6P/c1-10(2)19-28(25,20-11(3)4)26-9-13-14(22)15(23)17(27-13)21-7-5-6-12(8-21)16(18)24/h5-8,10-11,13-15,17,22-23H,9H2,1-4H3,(H3-,18,19,20,24,25)/p+1/t13-,14-,15-,17-/m1/s1. The normalized spacial score (nSPS) is 25.6. The number of carbonyl (C=O) groups excluding carboxylic acids is 1. The summed E-state index contributed by atoms with van der Waals surface area (Å²) in [4.78, 5) is 11.4. The fourth-order valence-corrected chi connectivity index (χ4v) is 4.82. The maximum atomic E-state index is 12.9. The first-order valence-electron chi connectivity index (χ1n) is 9.15. The second-order valence-electron chi connectivity index (χ2n) is 7.37. The first kappa shape index (κ1) is 22.9. The van der Waals surface area contributed by atoms with Crippen LogP contribution in [0.2, 0.25) is 0 Å². The van der Waals surface area contributed by atoms with Crippen LogP contribution in [0.15, 0.2) is 24.5 Å². The van der Waals surface area contributed by atoms with E-state index in [1.54, 1.807) is 12.3 Å². The largest absolute Gasteiger partial charge is 0.387 e. The number of rotatable bonds is 9. The van der Waals surface area contributed by atoms with Gasteiger partial charge in [0.25, 0.3) is 12.1 Å². The molecule has 0 aromatic carbocycles. The molecule has 28 heavy (non-hydrogen) atoms. The Balaban J connectivity index is 2.10. The van der Waals surface area contributed by atoms with E-state index in [4.69, 9.17) is 15.0 Å². The van der Waals surface area contributed by atoms with E-state index in [9.17, 15) is 19.6 Å². The molecular formula is C17H30N4O6P+. The van der Waals surface area contributed by atoms with Gasteiger partial charge in [-0.25, -0.2) is 10.2 Å². The summed E-state index contributed by atoms with van der Waals surface area (Å²) in [5.74, 6) is -0.622. The van der Waals surface area contributed by atoms with E-state index in [1.165, 1.54) is 16.8 Å². The van der Waals surface area contributed by atoms with Crippen molar-refractivity contribution in [2.45, 2.75) is 64.3 Å². The number of carbonyl (C=O) groups is 1. The van der Waals surface area contributed by atoms with Crippen molar-refractivity contribution in [3.8, 4) is 0 Å². The van der Waals surface area contributed by atoms with E-state index in [0.29, 0.717) is 0 Å². The van der Waals surface area contributed by atoms with Crippen LogP contribution in [0.4, 0.5) is 0 Å². The number of nitrogens with one attached hydrogen (secondary N) is 2. The van der Waals surface area contributed by atoms with Crippen molar-refractivity contribution in [1.82, 2.24) is 10.2 Å². The zero-order valence-electron chi connectivity index (χ0n) is 16.5. The van der Waals surface area contributed by atoms with Crippen LogP contribution >= 0.6 is 7.67 Å². The van der Waals surface area contributed by atoms with Gasteiger partial charge in [0.15, 0.2) is 18.5 Å². The molecule has 0 bridgehead atoms. The van der Waals surface area contributed by atoms with Gasteiger partial charge in [-0.05, 0) is 33.8 Å². The molecule has 1 saturated heterocycles. The SMILES string of the molecule is CC(C)NP(=O)(NC(C)C)OC[C@H]1O[C@@H]([n+]2cccc(C(N)=O)c2)[C@H](O)[C@@H]1O. The molecule has 1 aromatic heterocycles. The quantitative estimate of drug-likeness (QED) is 0.274. The maximum absolute atomic E-state index is 12.9. The zero-order valence-corrected chi connectivity index (χ0v) is 17.4. The fourth-order valence-electron chi connectivity index (χ4n) is 2.88. The maximum Gasteiger partial charge on any atom is 0.341 e.